The number of halogens is 3. The van der Waals surface area contributed by atoms with Crippen molar-refractivity contribution < 1.29 is 18.7 Å². The number of aromatic carboxylic acids is 1. The van der Waals surface area contributed by atoms with Gasteiger partial charge in [-0.1, -0.05) is 41.6 Å². The number of hydrogen-bond donors (Lipinski definition) is 1. The van der Waals surface area contributed by atoms with Crippen molar-refractivity contribution in [1.82, 2.24) is 0 Å². The summed E-state index contributed by atoms with van der Waals surface area (Å²) in [5.41, 5.74) is 1.42. The minimum atomic E-state index is -2.46. The summed E-state index contributed by atoms with van der Waals surface area (Å²) in [6.45, 7) is 0. The number of carbonyl (C=O) groups is 1. The van der Waals surface area contributed by atoms with Gasteiger partial charge in [0.15, 0.2) is 0 Å². The summed E-state index contributed by atoms with van der Waals surface area (Å²) in [4.78, 5) is 11.5. The highest BCUT2D eigenvalue weighted by Crippen LogP contribution is 2.29. The molecule has 0 aliphatic heterocycles. The van der Waals surface area contributed by atoms with Crippen LogP contribution in [0.15, 0.2) is 47.4 Å². The van der Waals surface area contributed by atoms with E-state index < -0.39 is 11.7 Å². The molecule has 0 unspecified atom stereocenters. The molecule has 2 rings (SSSR count). The van der Waals surface area contributed by atoms with Gasteiger partial charge in [0, 0.05) is 4.90 Å². The van der Waals surface area contributed by atoms with Crippen LogP contribution in [0.4, 0.5) is 8.78 Å². The summed E-state index contributed by atoms with van der Waals surface area (Å²) in [5.74, 6) is -3.57. The number of hydrogen-bond acceptors (Lipinski definition) is 2. The van der Waals surface area contributed by atoms with Crippen molar-refractivity contribution in [3.8, 4) is 11.1 Å². The van der Waals surface area contributed by atoms with Crippen molar-refractivity contribution in [2.45, 2.75) is 10.7 Å². The van der Waals surface area contributed by atoms with Gasteiger partial charge in [-0.15, -0.1) is 0 Å². The van der Waals surface area contributed by atoms with Crippen LogP contribution in [-0.4, -0.2) is 16.8 Å². The maximum atomic E-state index is 12.2. The fraction of sp³-hybridized carbons (Fsp3) is 0.0714. The quantitative estimate of drug-likeness (QED) is 0.805. The molecule has 2 nitrogen and oxygen atoms in total. The first-order valence-corrected chi connectivity index (χ1v) is 6.81. The molecule has 2 aromatic carbocycles. The molecule has 0 aliphatic rings. The fourth-order valence-electron chi connectivity index (χ4n) is 1.70. The molecule has 6 heteroatoms. The second-order valence-corrected chi connectivity index (χ2v) is 5.37. The molecule has 0 aromatic heterocycles. The first-order chi connectivity index (χ1) is 9.47. The van der Waals surface area contributed by atoms with Crippen molar-refractivity contribution in [1.29, 1.82) is 0 Å². The third-order valence-corrected chi connectivity index (χ3v) is 3.66. The summed E-state index contributed by atoms with van der Waals surface area (Å²) in [6.07, 6.45) is 0. The molecule has 0 atom stereocenters. The maximum Gasteiger partial charge on any atom is 0.337 e. The molecule has 0 saturated carbocycles. The molecule has 0 aliphatic carbocycles. The van der Waals surface area contributed by atoms with Gasteiger partial charge in [0.25, 0.3) is 5.76 Å². The zero-order chi connectivity index (χ0) is 14.7. The van der Waals surface area contributed by atoms with E-state index in [0.29, 0.717) is 22.2 Å². The van der Waals surface area contributed by atoms with Crippen LogP contribution in [0.2, 0.25) is 5.02 Å². The predicted molar refractivity (Wildman–Crippen MR) is 75.7 cm³/mol. The molecule has 1 N–H and O–H groups in total. The average Bonchev–Trinajstić information content (AvgIpc) is 2.39. The third-order valence-electron chi connectivity index (χ3n) is 2.61. The minimum absolute atomic E-state index is 0.00944. The van der Waals surface area contributed by atoms with Crippen LogP contribution in [0.25, 0.3) is 11.1 Å². The van der Waals surface area contributed by atoms with Gasteiger partial charge in [-0.3, -0.25) is 0 Å². The second-order valence-electron chi connectivity index (χ2n) is 3.90. The standard InChI is InChI=1S/C14H9ClF2O2S/c15-12-6-3-9(7-11(12)13(18)19)8-1-4-10(5-2-8)20-14(16)17/h1-7,14H,(H,18,19). The number of carboxylic acids is 1. The molecule has 0 bridgehead atoms. The highest BCUT2D eigenvalue weighted by Gasteiger charge is 2.11. The number of carboxylic acid groups (broad SMARTS) is 1. The van der Waals surface area contributed by atoms with Gasteiger partial charge in [0.1, 0.15) is 0 Å². The van der Waals surface area contributed by atoms with E-state index in [9.17, 15) is 13.6 Å². The first kappa shape index (κ1) is 14.8. The minimum Gasteiger partial charge on any atom is -0.478 e. The molecule has 2 aromatic rings. The highest BCUT2D eigenvalue weighted by atomic mass is 35.5. The van der Waals surface area contributed by atoms with Gasteiger partial charge < -0.3 is 5.11 Å². The van der Waals surface area contributed by atoms with Crippen LogP contribution in [0.5, 0.6) is 0 Å². The smallest absolute Gasteiger partial charge is 0.337 e. The van der Waals surface area contributed by atoms with Crippen molar-refractivity contribution in [2.24, 2.45) is 0 Å². The molecular formula is C14H9ClF2O2S. The Hall–Kier alpha value is -1.59. The fourth-order valence-corrected chi connectivity index (χ4v) is 2.39. The molecule has 0 amide bonds. The SMILES string of the molecule is O=C(O)c1cc(-c2ccc(SC(F)F)cc2)ccc1Cl. The summed E-state index contributed by atoms with van der Waals surface area (Å²) in [5, 5.41) is 9.17. The van der Waals surface area contributed by atoms with E-state index in [0.717, 1.165) is 5.56 Å². The van der Waals surface area contributed by atoms with Gasteiger partial charge in [0.2, 0.25) is 0 Å². The van der Waals surface area contributed by atoms with Gasteiger partial charge in [-0.05, 0) is 35.4 Å². The third kappa shape index (κ3) is 3.49. The lowest BCUT2D eigenvalue weighted by molar-refractivity contribution is 0.0697. The van der Waals surface area contributed by atoms with Crippen LogP contribution in [0.1, 0.15) is 10.4 Å². The Kier molecular flexibility index (Phi) is 4.62. The summed E-state index contributed by atoms with van der Waals surface area (Å²) in [6, 6.07) is 11.1. The zero-order valence-corrected chi connectivity index (χ0v) is 11.6. The molecule has 20 heavy (non-hydrogen) atoms. The van der Waals surface area contributed by atoms with Gasteiger partial charge >= 0.3 is 5.97 Å². The van der Waals surface area contributed by atoms with Crippen LogP contribution >= 0.6 is 23.4 Å². The lowest BCUT2D eigenvalue weighted by atomic mass is 10.0. The van der Waals surface area contributed by atoms with Crippen LogP contribution in [0, 0.1) is 0 Å². The van der Waals surface area contributed by atoms with E-state index in [1.807, 2.05) is 0 Å². The number of benzene rings is 2. The van der Waals surface area contributed by atoms with Crippen molar-refractivity contribution in [3.63, 3.8) is 0 Å². The summed E-state index contributed by atoms with van der Waals surface area (Å²) < 4.78 is 24.4. The van der Waals surface area contributed by atoms with Crippen molar-refractivity contribution in [2.75, 3.05) is 0 Å². The van der Waals surface area contributed by atoms with E-state index in [1.54, 1.807) is 30.3 Å². The topological polar surface area (TPSA) is 37.3 Å². The Labute approximate surface area is 123 Å². The lowest BCUT2D eigenvalue weighted by Gasteiger charge is -2.06. The second kappa shape index (κ2) is 6.24. The predicted octanol–water partition coefficient (Wildman–Crippen LogP) is 5.02. The van der Waals surface area contributed by atoms with Crippen LogP contribution < -0.4 is 0 Å². The highest BCUT2D eigenvalue weighted by molar-refractivity contribution is 7.99. The Bertz CT molecular complexity index is 630. The lowest BCUT2D eigenvalue weighted by Crippen LogP contribution is -1.97. The van der Waals surface area contributed by atoms with Gasteiger partial charge in [-0.2, -0.15) is 8.78 Å². The number of thioether (sulfide) groups is 1. The number of rotatable bonds is 4. The molecule has 0 heterocycles. The monoisotopic (exact) mass is 314 g/mol. The van der Waals surface area contributed by atoms with E-state index in [2.05, 4.69) is 0 Å². The van der Waals surface area contributed by atoms with Gasteiger partial charge in [-0.25, -0.2) is 4.79 Å². The first-order valence-electron chi connectivity index (χ1n) is 5.55. The maximum absolute atomic E-state index is 12.2. The molecule has 0 saturated heterocycles. The average molecular weight is 315 g/mol. The molecule has 104 valence electrons. The largest absolute Gasteiger partial charge is 0.478 e. The Morgan fingerprint density at radius 1 is 1.10 bits per heavy atom. The Balaban J connectivity index is 2.32. The molecule has 0 fully saturated rings. The normalized spacial score (nSPS) is 10.8. The van der Waals surface area contributed by atoms with E-state index in [1.165, 1.54) is 12.1 Å². The van der Waals surface area contributed by atoms with Crippen molar-refractivity contribution in [3.05, 3.63) is 53.1 Å². The van der Waals surface area contributed by atoms with E-state index in [4.69, 9.17) is 16.7 Å². The van der Waals surface area contributed by atoms with E-state index >= 15 is 0 Å². The van der Waals surface area contributed by atoms with Gasteiger partial charge in [0.05, 0.1) is 10.6 Å². The molecular weight excluding hydrogens is 306 g/mol. The summed E-state index contributed by atoms with van der Waals surface area (Å²) >= 11 is 6.26. The molecule has 0 spiro atoms. The van der Waals surface area contributed by atoms with Crippen molar-refractivity contribution >= 4 is 29.3 Å². The number of alkyl halides is 2. The van der Waals surface area contributed by atoms with E-state index in [-0.39, 0.29) is 10.6 Å². The Morgan fingerprint density at radius 2 is 1.70 bits per heavy atom. The van der Waals surface area contributed by atoms with Crippen LogP contribution in [0.3, 0.4) is 0 Å². The molecule has 0 radical (unpaired) electrons. The Morgan fingerprint density at radius 3 is 2.25 bits per heavy atom. The van der Waals surface area contributed by atoms with Crippen LogP contribution in [-0.2, 0) is 0 Å². The zero-order valence-electron chi connectivity index (χ0n) is 10.0. The summed E-state index contributed by atoms with van der Waals surface area (Å²) in [7, 11) is 0.